The first-order valence-corrected chi connectivity index (χ1v) is 10.0. The van der Waals surface area contributed by atoms with Crippen molar-refractivity contribution in [2.24, 2.45) is 5.92 Å². The van der Waals surface area contributed by atoms with Gasteiger partial charge >= 0.3 is 6.03 Å². The normalized spacial score (nSPS) is 15.8. The van der Waals surface area contributed by atoms with Crippen LogP contribution < -0.4 is 16.0 Å². The lowest BCUT2D eigenvalue weighted by Crippen LogP contribution is -2.48. The monoisotopic (exact) mass is 409 g/mol. The summed E-state index contributed by atoms with van der Waals surface area (Å²) in [6.07, 6.45) is 2.95. The maximum absolute atomic E-state index is 12.8. The summed E-state index contributed by atoms with van der Waals surface area (Å²) in [4.78, 5) is 43.3. The van der Waals surface area contributed by atoms with E-state index in [1.165, 1.54) is 7.05 Å². The van der Waals surface area contributed by atoms with Gasteiger partial charge in [-0.2, -0.15) is 0 Å². The van der Waals surface area contributed by atoms with Crippen molar-refractivity contribution >= 4 is 23.7 Å². The van der Waals surface area contributed by atoms with Crippen LogP contribution in [0, 0.1) is 12.8 Å². The molecule has 0 radical (unpaired) electrons. The minimum absolute atomic E-state index is 0.0583. The van der Waals surface area contributed by atoms with Crippen LogP contribution in [-0.2, 0) is 9.59 Å². The lowest BCUT2D eigenvalue weighted by Gasteiger charge is -2.36. The number of nitrogens with zero attached hydrogens (tertiary/aromatic N) is 2. The Balaban J connectivity index is 1.65. The fourth-order valence-corrected chi connectivity index (χ4v) is 3.60. The number of nitrogens with one attached hydrogen (secondary N) is 3. The summed E-state index contributed by atoms with van der Waals surface area (Å²) in [7, 11) is 1.47. The SMILES string of the molecule is CNC(=O)NC(=O)C(c1ccccc1)N1CCC(C(=O)Nc2ccc(C)cn2)CC1. The predicted octanol–water partition coefficient (Wildman–Crippen LogP) is 2.24. The molecule has 1 saturated heterocycles. The summed E-state index contributed by atoms with van der Waals surface area (Å²) < 4.78 is 0. The second-order valence-electron chi connectivity index (χ2n) is 7.40. The van der Waals surface area contributed by atoms with Gasteiger partial charge < -0.3 is 10.6 Å². The molecule has 4 amide bonds. The van der Waals surface area contributed by atoms with Crippen molar-refractivity contribution in [3.63, 3.8) is 0 Å². The van der Waals surface area contributed by atoms with E-state index in [1.54, 1.807) is 12.3 Å². The zero-order chi connectivity index (χ0) is 21.5. The predicted molar refractivity (Wildman–Crippen MR) is 114 cm³/mol. The number of hydrogen-bond donors (Lipinski definition) is 3. The number of carbonyl (C=O) groups excluding carboxylic acids is 3. The van der Waals surface area contributed by atoms with Crippen LogP contribution in [0.3, 0.4) is 0 Å². The molecule has 0 spiro atoms. The van der Waals surface area contributed by atoms with Crippen LogP contribution in [0.25, 0.3) is 0 Å². The van der Waals surface area contributed by atoms with Gasteiger partial charge in [0.2, 0.25) is 11.8 Å². The maximum Gasteiger partial charge on any atom is 0.321 e. The van der Waals surface area contributed by atoms with Crippen LogP contribution in [0.2, 0.25) is 0 Å². The number of carbonyl (C=O) groups is 3. The number of urea groups is 1. The largest absolute Gasteiger partial charge is 0.341 e. The van der Waals surface area contributed by atoms with Gasteiger partial charge in [0.05, 0.1) is 0 Å². The number of benzene rings is 1. The summed E-state index contributed by atoms with van der Waals surface area (Å²) >= 11 is 0. The fraction of sp³-hybridized carbons (Fsp3) is 0.364. The third kappa shape index (κ3) is 5.42. The molecule has 3 rings (SSSR count). The average molecular weight is 409 g/mol. The number of likely N-dealkylation sites (tertiary alicyclic amines) is 1. The van der Waals surface area contributed by atoms with Gasteiger partial charge in [-0.15, -0.1) is 0 Å². The Kier molecular flexibility index (Phi) is 7.13. The highest BCUT2D eigenvalue weighted by atomic mass is 16.2. The quantitative estimate of drug-likeness (QED) is 0.703. The van der Waals surface area contributed by atoms with Crippen molar-refractivity contribution < 1.29 is 14.4 Å². The smallest absolute Gasteiger partial charge is 0.321 e. The molecule has 3 N–H and O–H groups in total. The minimum atomic E-state index is -0.591. The molecule has 0 saturated carbocycles. The Hall–Kier alpha value is -3.26. The van der Waals surface area contributed by atoms with Crippen molar-refractivity contribution in [3.8, 4) is 0 Å². The van der Waals surface area contributed by atoms with E-state index < -0.39 is 12.1 Å². The standard InChI is InChI=1S/C22H27N5O3/c1-15-8-9-18(24-14-15)25-20(28)17-10-12-27(13-11-17)19(16-6-4-3-5-7-16)21(29)26-22(30)23-2/h3-9,14,17,19H,10-13H2,1-2H3,(H,24,25,28)(H2,23,26,29,30). The summed E-state index contributed by atoms with van der Waals surface area (Å²) in [5, 5.41) is 7.65. The molecule has 1 fully saturated rings. The Morgan fingerprint density at radius 2 is 1.77 bits per heavy atom. The molecular formula is C22H27N5O3. The molecule has 0 aliphatic carbocycles. The molecule has 158 valence electrons. The van der Waals surface area contributed by atoms with E-state index in [2.05, 4.69) is 20.9 Å². The third-order valence-electron chi connectivity index (χ3n) is 5.26. The highest BCUT2D eigenvalue weighted by Crippen LogP contribution is 2.28. The molecule has 1 atom stereocenters. The molecule has 2 aromatic rings. The van der Waals surface area contributed by atoms with Gasteiger partial charge in [-0.05, 0) is 50.0 Å². The van der Waals surface area contributed by atoms with Gasteiger partial charge in [0.1, 0.15) is 11.9 Å². The molecule has 0 bridgehead atoms. The van der Waals surface area contributed by atoms with Crippen molar-refractivity contribution in [1.29, 1.82) is 0 Å². The van der Waals surface area contributed by atoms with Gasteiger partial charge in [-0.3, -0.25) is 19.8 Å². The molecule has 1 aliphatic rings. The Labute approximate surface area is 176 Å². The number of piperidine rings is 1. The van der Waals surface area contributed by atoms with Gasteiger partial charge in [0.15, 0.2) is 0 Å². The van der Waals surface area contributed by atoms with E-state index in [0.29, 0.717) is 31.7 Å². The lowest BCUT2D eigenvalue weighted by atomic mass is 9.93. The van der Waals surface area contributed by atoms with Crippen molar-refractivity contribution in [2.75, 3.05) is 25.5 Å². The Morgan fingerprint density at radius 1 is 1.07 bits per heavy atom. The summed E-state index contributed by atoms with van der Waals surface area (Å²) in [6.45, 7) is 3.08. The van der Waals surface area contributed by atoms with Crippen LogP contribution in [-0.4, -0.2) is 47.9 Å². The van der Waals surface area contributed by atoms with Crippen molar-refractivity contribution in [3.05, 3.63) is 59.8 Å². The molecule has 8 heteroatoms. The topological polar surface area (TPSA) is 103 Å². The molecule has 1 aliphatic heterocycles. The number of anilines is 1. The molecule has 30 heavy (non-hydrogen) atoms. The first kappa shape index (κ1) is 21.4. The zero-order valence-corrected chi connectivity index (χ0v) is 17.2. The number of imide groups is 1. The maximum atomic E-state index is 12.8. The second kappa shape index (κ2) is 9.98. The molecule has 1 unspecified atom stereocenters. The molecule has 8 nitrogen and oxygen atoms in total. The van der Waals surface area contributed by atoms with Crippen molar-refractivity contribution in [1.82, 2.24) is 20.5 Å². The highest BCUT2D eigenvalue weighted by Gasteiger charge is 2.33. The first-order valence-electron chi connectivity index (χ1n) is 10.0. The van der Waals surface area contributed by atoms with Crippen LogP contribution in [0.1, 0.15) is 30.0 Å². The van der Waals surface area contributed by atoms with E-state index >= 15 is 0 Å². The van der Waals surface area contributed by atoms with Crippen LogP contribution >= 0.6 is 0 Å². The van der Waals surface area contributed by atoms with Crippen molar-refractivity contribution in [2.45, 2.75) is 25.8 Å². The summed E-state index contributed by atoms with van der Waals surface area (Å²) in [5.41, 5.74) is 1.84. The van der Waals surface area contributed by atoms with E-state index in [9.17, 15) is 14.4 Å². The van der Waals surface area contributed by atoms with Crippen LogP contribution in [0.4, 0.5) is 10.6 Å². The van der Waals surface area contributed by atoms with Crippen LogP contribution in [0.15, 0.2) is 48.7 Å². The molecule has 1 aromatic carbocycles. The van der Waals surface area contributed by atoms with E-state index in [-0.39, 0.29) is 17.7 Å². The fourth-order valence-electron chi connectivity index (χ4n) is 3.60. The Morgan fingerprint density at radius 3 is 2.37 bits per heavy atom. The third-order valence-corrected chi connectivity index (χ3v) is 5.26. The number of amides is 4. The molecule has 1 aromatic heterocycles. The van der Waals surface area contributed by atoms with Crippen LogP contribution in [0.5, 0.6) is 0 Å². The summed E-state index contributed by atoms with van der Waals surface area (Å²) in [6, 6.07) is 11.9. The van der Waals surface area contributed by atoms with E-state index in [0.717, 1.165) is 11.1 Å². The van der Waals surface area contributed by atoms with Gasteiger partial charge in [0.25, 0.3) is 0 Å². The van der Waals surface area contributed by atoms with E-state index in [1.807, 2.05) is 48.2 Å². The number of aryl methyl sites for hydroxylation is 1. The highest BCUT2D eigenvalue weighted by molar-refractivity contribution is 5.97. The van der Waals surface area contributed by atoms with Gasteiger partial charge in [-0.25, -0.2) is 9.78 Å². The number of pyridine rings is 1. The number of hydrogen-bond acceptors (Lipinski definition) is 5. The van der Waals surface area contributed by atoms with Gasteiger partial charge in [0, 0.05) is 19.2 Å². The average Bonchev–Trinajstić information content (AvgIpc) is 2.76. The minimum Gasteiger partial charge on any atom is -0.341 e. The number of aromatic nitrogens is 1. The first-order chi connectivity index (χ1) is 14.5. The molecular weight excluding hydrogens is 382 g/mol. The summed E-state index contributed by atoms with van der Waals surface area (Å²) in [5.74, 6) is -0.0488. The Bertz CT molecular complexity index is 877. The second-order valence-corrected chi connectivity index (χ2v) is 7.40. The van der Waals surface area contributed by atoms with Gasteiger partial charge in [-0.1, -0.05) is 36.4 Å². The zero-order valence-electron chi connectivity index (χ0n) is 17.2. The number of rotatable bonds is 5. The lowest BCUT2D eigenvalue weighted by molar-refractivity contribution is -0.127. The van der Waals surface area contributed by atoms with E-state index in [4.69, 9.17) is 0 Å². The molecule has 2 heterocycles.